The Balaban J connectivity index is 1.37. The number of hydrogen-bond donors (Lipinski definition) is 2. The lowest BCUT2D eigenvalue weighted by Crippen LogP contribution is -2.18. The Morgan fingerprint density at radius 2 is 1.71 bits per heavy atom. The zero-order valence-corrected chi connectivity index (χ0v) is 22.6. The molecule has 0 fully saturated rings. The van der Waals surface area contributed by atoms with Crippen LogP contribution in [0.3, 0.4) is 0 Å². The number of methoxy groups -OCH3 is 1. The molecule has 0 unspecified atom stereocenters. The van der Waals surface area contributed by atoms with Crippen LogP contribution in [0.15, 0.2) is 66.9 Å². The third-order valence-electron chi connectivity index (χ3n) is 6.07. The van der Waals surface area contributed by atoms with Crippen LogP contribution in [0.25, 0.3) is 30.3 Å². The molecule has 2 aromatic carbocycles. The van der Waals surface area contributed by atoms with E-state index >= 15 is 0 Å². The van der Waals surface area contributed by atoms with E-state index in [1.165, 1.54) is 0 Å². The third-order valence-corrected chi connectivity index (χ3v) is 8.43. The molecular formula is C28H25N3O5S2. The molecule has 0 saturated carbocycles. The van der Waals surface area contributed by atoms with Crippen molar-refractivity contribution in [2.45, 2.75) is 19.4 Å². The average molecular weight is 548 g/mol. The smallest absolute Gasteiger partial charge is 0.413 e. The van der Waals surface area contributed by atoms with Gasteiger partial charge in [-0.3, -0.25) is 14.8 Å². The summed E-state index contributed by atoms with van der Waals surface area (Å²) in [6, 6.07) is 19.2. The minimum atomic E-state index is -0.882. The first-order chi connectivity index (χ1) is 18.3. The summed E-state index contributed by atoms with van der Waals surface area (Å²) in [6.45, 7) is 1.83. The number of carbonyl (C=O) groups excluding carboxylic acids is 1. The minimum Gasteiger partial charge on any atom is -0.496 e. The molecule has 1 atom stereocenters. The van der Waals surface area contributed by atoms with Gasteiger partial charge in [-0.1, -0.05) is 36.4 Å². The highest BCUT2D eigenvalue weighted by molar-refractivity contribution is 7.31. The number of aromatic nitrogens is 2. The molecule has 38 heavy (non-hydrogen) atoms. The van der Waals surface area contributed by atoms with Gasteiger partial charge in [-0.05, 0) is 42.3 Å². The number of hydrogen-bond acceptors (Lipinski definition) is 7. The molecule has 3 heterocycles. The number of nitrogens with zero attached hydrogens (tertiary/aromatic N) is 2. The summed E-state index contributed by atoms with van der Waals surface area (Å²) in [5.41, 5.74) is 3.32. The molecule has 0 aliphatic carbocycles. The van der Waals surface area contributed by atoms with Crippen LogP contribution in [0.2, 0.25) is 0 Å². The minimum absolute atomic E-state index is 0.0558. The van der Waals surface area contributed by atoms with Gasteiger partial charge >= 0.3 is 12.1 Å². The second-order valence-electron chi connectivity index (χ2n) is 8.67. The van der Waals surface area contributed by atoms with Gasteiger partial charge in [0.1, 0.15) is 17.7 Å². The number of benzene rings is 2. The van der Waals surface area contributed by atoms with Crippen LogP contribution in [-0.2, 0) is 23.0 Å². The molecule has 3 aromatic heterocycles. The fourth-order valence-corrected chi connectivity index (χ4v) is 6.61. The number of amides is 1. The first kappa shape index (κ1) is 25.5. The maximum atomic E-state index is 12.7. The number of aryl methyl sites for hydroxylation is 1. The highest BCUT2D eigenvalue weighted by Gasteiger charge is 2.20. The summed E-state index contributed by atoms with van der Waals surface area (Å²) >= 11 is 3.23. The van der Waals surface area contributed by atoms with Crippen molar-refractivity contribution in [1.82, 2.24) is 9.78 Å². The molecule has 5 rings (SSSR count). The number of carboxylic acids is 1. The fraction of sp³-hybridized carbons (Fsp3) is 0.179. The fourth-order valence-electron chi connectivity index (χ4n) is 4.17. The monoisotopic (exact) mass is 547 g/mol. The van der Waals surface area contributed by atoms with Crippen LogP contribution in [-0.4, -0.2) is 34.1 Å². The second-order valence-corrected chi connectivity index (χ2v) is 10.8. The van der Waals surface area contributed by atoms with Gasteiger partial charge in [0, 0.05) is 31.8 Å². The molecule has 8 nitrogen and oxygen atoms in total. The number of aliphatic carboxylic acids is 1. The molecule has 194 valence electrons. The van der Waals surface area contributed by atoms with E-state index in [-0.39, 0.29) is 6.42 Å². The number of carboxylic acid groups (broad SMARTS) is 1. The Hall–Kier alpha value is -4.15. The summed E-state index contributed by atoms with van der Waals surface area (Å²) in [5, 5.41) is 16.3. The van der Waals surface area contributed by atoms with Crippen molar-refractivity contribution in [2.75, 3.05) is 12.4 Å². The van der Waals surface area contributed by atoms with Crippen molar-refractivity contribution in [1.29, 1.82) is 0 Å². The van der Waals surface area contributed by atoms with Gasteiger partial charge in [0.05, 0.1) is 25.3 Å². The van der Waals surface area contributed by atoms with Gasteiger partial charge in [-0.15, -0.1) is 22.7 Å². The maximum absolute atomic E-state index is 12.7. The summed E-state index contributed by atoms with van der Waals surface area (Å²) in [6.07, 6.45) is 0.732. The van der Waals surface area contributed by atoms with E-state index < -0.39 is 18.2 Å². The van der Waals surface area contributed by atoms with E-state index in [0.717, 1.165) is 35.8 Å². The molecule has 0 spiro atoms. The quantitative estimate of drug-likeness (QED) is 0.217. The van der Waals surface area contributed by atoms with Crippen LogP contribution in [0.5, 0.6) is 5.75 Å². The summed E-state index contributed by atoms with van der Waals surface area (Å²) in [4.78, 5) is 25.8. The van der Waals surface area contributed by atoms with E-state index in [0.29, 0.717) is 17.1 Å². The number of ether oxygens (including phenoxy) is 2. The lowest BCUT2D eigenvalue weighted by atomic mass is 10.1. The zero-order valence-electron chi connectivity index (χ0n) is 20.9. The number of nitrogens with one attached hydrogen (secondary N) is 1. The Bertz CT molecular complexity index is 1590. The first-order valence-corrected chi connectivity index (χ1v) is 13.4. The predicted octanol–water partition coefficient (Wildman–Crippen LogP) is 6.98. The number of fused-ring (bicyclic) bond motifs is 1. The maximum Gasteiger partial charge on any atom is 0.413 e. The number of carbonyl (C=O) groups is 2. The lowest BCUT2D eigenvalue weighted by molar-refractivity contribution is -0.136. The highest BCUT2D eigenvalue weighted by atomic mass is 32.1. The largest absolute Gasteiger partial charge is 0.496 e. The van der Waals surface area contributed by atoms with Gasteiger partial charge in [-0.25, -0.2) is 4.79 Å². The Kier molecular flexibility index (Phi) is 7.17. The van der Waals surface area contributed by atoms with Crippen molar-refractivity contribution in [2.24, 2.45) is 7.05 Å². The van der Waals surface area contributed by atoms with Crippen LogP contribution >= 0.6 is 22.7 Å². The third kappa shape index (κ3) is 5.27. The van der Waals surface area contributed by atoms with E-state index in [1.807, 2.05) is 49.4 Å². The van der Waals surface area contributed by atoms with Crippen LogP contribution in [0.1, 0.15) is 24.2 Å². The highest BCUT2D eigenvalue weighted by Crippen LogP contribution is 2.45. The van der Waals surface area contributed by atoms with Crippen LogP contribution in [0, 0.1) is 0 Å². The Morgan fingerprint density at radius 3 is 2.37 bits per heavy atom. The molecule has 1 amide bonds. The lowest BCUT2D eigenvalue weighted by Gasteiger charge is -2.14. The predicted molar refractivity (Wildman–Crippen MR) is 150 cm³/mol. The zero-order chi connectivity index (χ0) is 26.8. The van der Waals surface area contributed by atoms with Crippen molar-refractivity contribution >= 4 is 50.0 Å². The van der Waals surface area contributed by atoms with Gasteiger partial charge in [-0.2, -0.15) is 5.10 Å². The molecule has 0 aliphatic heterocycles. The van der Waals surface area contributed by atoms with Crippen molar-refractivity contribution in [3.63, 3.8) is 0 Å². The topological polar surface area (TPSA) is 103 Å². The molecule has 0 aliphatic rings. The van der Waals surface area contributed by atoms with Crippen molar-refractivity contribution in [3.05, 3.63) is 78.0 Å². The SMILES string of the molecule is COc1cc(CC(=O)O)ccc1-c1cc2sc(-c3cnn(C)c3NC(=O)O[C@H](C)c3ccccc3)cc2s1. The number of rotatable bonds is 8. The average Bonchev–Trinajstić information content (AvgIpc) is 3.57. The number of anilines is 1. The molecule has 5 aromatic rings. The van der Waals surface area contributed by atoms with E-state index in [9.17, 15) is 9.59 Å². The summed E-state index contributed by atoms with van der Waals surface area (Å²) in [7, 11) is 3.36. The molecule has 10 heteroatoms. The molecule has 0 radical (unpaired) electrons. The molecular weight excluding hydrogens is 522 g/mol. The van der Waals surface area contributed by atoms with Crippen molar-refractivity contribution < 1.29 is 24.2 Å². The normalized spacial score (nSPS) is 11.9. The Morgan fingerprint density at radius 1 is 1.03 bits per heavy atom. The van der Waals surface area contributed by atoms with E-state index in [2.05, 4.69) is 22.5 Å². The molecule has 0 bridgehead atoms. The van der Waals surface area contributed by atoms with Crippen molar-refractivity contribution in [3.8, 4) is 26.6 Å². The van der Waals surface area contributed by atoms with Gasteiger partial charge < -0.3 is 14.6 Å². The second kappa shape index (κ2) is 10.7. The van der Waals surface area contributed by atoms with Crippen LogP contribution in [0.4, 0.5) is 10.6 Å². The molecule has 2 N–H and O–H groups in total. The Labute approximate surface area is 227 Å². The number of thiophene rings is 2. The summed E-state index contributed by atoms with van der Waals surface area (Å²) < 4.78 is 14.9. The molecule has 0 saturated heterocycles. The standard InChI is InChI=1S/C28H25N3O5S2/c1-16(18-7-5-4-6-8-18)36-28(34)30-27-20(15-29-31(27)2)23-14-25-24(38-23)13-22(37-25)19-10-9-17(12-26(32)33)11-21(19)35-3/h4-11,13-16H,12H2,1-3H3,(H,30,34)(H,32,33)/t16-/m1/s1. The van der Waals surface area contributed by atoms with E-state index in [4.69, 9.17) is 14.6 Å². The first-order valence-electron chi connectivity index (χ1n) is 11.8. The van der Waals surface area contributed by atoms with Crippen LogP contribution < -0.4 is 10.1 Å². The van der Waals surface area contributed by atoms with Gasteiger partial charge in [0.15, 0.2) is 0 Å². The summed E-state index contributed by atoms with van der Waals surface area (Å²) in [5.74, 6) is 0.312. The van der Waals surface area contributed by atoms with E-state index in [1.54, 1.807) is 53.8 Å². The van der Waals surface area contributed by atoms with Gasteiger partial charge in [0.25, 0.3) is 0 Å². The van der Waals surface area contributed by atoms with Gasteiger partial charge in [0.2, 0.25) is 0 Å².